The normalized spacial score (nSPS) is 14.8. The number of rotatable bonds is 3. The molecule has 7 rings (SSSR count). The summed E-state index contributed by atoms with van der Waals surface area (Å²) in [7, 11) is 2.07. The van der Waals surface area contributed by atoms with Crippen molar-refractivity contribution < 1.29 is 19.8 Å². The Morgan fingerprint density at radius 3 is 2.12 bits per heavy atom. The van der Waals surface area contributed by atoms with Crippen molar-refractivity contribution in [3.63, 3.8) is 0 Å². The van der Waals surface area contributed by atoms with Gasteiger partial charge in [0.05, 0.1) is 5.69 Å². The first-order valence-electron chi connectivity index (χ1n) is 13.9. The second-order valence-corrected chi connectivity index (χ2v) is 10.8. The number of fused-ring (bicyclic) bond motifs is 6. The molecule has 2 N–H and O–H groups in total. The van der Waals surface area contributed by atoms with Crippen LogP contribution < -0.4 is 9.80 Å². The maximum atomic E-state index is 13.1. The van der Waals surface area contributed by atoms with Gasteiger partial charge in [0.1, 0.15) is 17.8 Å². The number of hydrogen-bond donors (Lipinski definition) is 2. The lowest BCUT2D eigenvalue weighted by atomic mass is 9.95. The van der Waals surface area contributed by atoms with Crippen LogP contribution in [0.3, 0.4) is 0 Å². The number of amides is 1. The molecule has 2 heterocycles. The highest BCUT2D eigenvalue weighted by Crippen LogP contribution is 2.45. The van der Waals surface area contributed by atoms with E-state index in [4.69, 9.17) is 11.6 Å². The Hall–Kier alpha value is -4.26. The van der Waals surface area contributed by atoms with E-state index in [1.807, 2.05) is 48.5 Å². The van der Waals surface area contributed by atoms with E-state index in [2.05, 4.69) is 29.6 Å². The highest BCUT2D eigenvalue weighted by molar-refractivity contribution is 6.19. The van der Waals surface area contributed by atoms with E-state index in [0.29, 0.717) is 35.0 Å². The smallest absolute Gasteiger partial charge is 0.258 e. The van der Waals surface area contributed by atoms with Crippen LogP contribution in [0.4, 0.5) is 11.4 Å². The molecule has 0 spiro atoms. The first-order chi connectivity index (χ1) is 20.9. The van der Waals surface area contributed by atoms with Gasteiger partial charge < -0.3 is 20.0 Å². The van der Waals surface area contributed by atoms with Gasteiger partial charge in [-0.25, -0.2) is 0 Å². The van der Waals surface area contributed by atoms with Crippen LogP contribution in [0.25, 0.3) is 21.5 Å². The van der Waals surface area contributed by atoms with E-state index in [1.54, 1.807) is 35.2 Å². The van der Waals surface area contributed by atoms with Crippen molar-refractivity contribution in [3.05, 3.63) is 107 Å². The van der Waals surface area contributed by atoms with Gasteiger partial charge in [0, 0.05) is 78.0 Å². The molecule has 5 aromatic rings. The third kappa shape index (κ3) is 5.61. The van der Waals surface area contributed by atoms with Gasteiger partial charge in [-0.3, -0.25) is 9.59 Å². The Balaban J connectivity index is 0.000000183. The molecular formula is C35H32Cl2N2O4. The van der Waals surface area contributed by atoms with Crippen molar-refractivity contribution in [2.24, 2.45) is 0 Å². The monoisotopic (exact) mass is 614 g/mol. The third-order valence-corrected chi connectivity index (χ3v) is 8.44. The van der Waals surface area contributed by atoms with Gasteiger partial charge in [0.25, 0.3) is 5.91 Å². The Labute approximate surface area is 260 Å². The van der Waals surface area contributed by atoms with Gasteiger partial charge in [-0.05, 0) is 40.5 Å². The number of phenolic OH excluding ortho intramolecular Hbond substituents is 2. The predicted molar refractivity (Wildman–Crippen MR) is 177 cm³/mol. The number of anilines is 2. The summed E-state index contributed by atoms with van der Waals surface area (Å²) in [6.45, 7) is 1.49. The number of alkyl halides is 2. The molecule has 0 bridgehead atoms. The van der Waals surface area contributed by atoms with Gasteiger partial charge in [0.2, 0.25) is 0 Å². The quantitative estimate of drug-likeness (QED) is 0.160. The maximum Gasteiger partial charge on any atom is 0.258 e. The lowest BCUT2D eigenvalue weighted by molar-refractivity contribution is 0.0988. The molecule has 0 radical (unpaired) electrons. The summed E-state index contributed by atoms with van der Waals surface area (Å²) in [5.41, 5.74) is 5.08. The molecule has 0 fully saturated rings. The number of aldehydes is 1. The summed E-state index contributed by atoms with van der Waals surface area (Å²) in [5, 5.41) is 24.2. The van der Waals surface area contributed by atoms with Crippen LogP contribution in [-0.4, -0.2) is 54.8 Å². The standard InChI is InChI=1S/C21H16ClNO3.C13H13NO.CH3Cl/c22-10-15-11-23(21(26)14-5-3-4-13(8-14)12-24)18-9-19(25)16-6-1-2-7-17(16)20(15)18;1-14-7-6-10-9-4-2-3-5-11(9)13(15)8-12(10)14;1-2/h1-9,12,15,25H,10-11H2;2-5,8,15H,6-7H2,1H3;1H3. The number of likely N-dealkylation sites (N-methyl/N-ethyl adjacent to an activating group) is 1. The molecule has 2 aliphatic rings. The lowest BCUT2D eigenvalue weighted by Crippen LogP contribution is -2.30. The van der Waals surface area contributed by atoms with Gasteiger partial charge in [-0.15, -0.1) is 23.2 Å². The minimum atomic E-state index is -0.211. The van der Waals surface area contributed by atoms with Crippen LogP contribution in [0.15, 0.2) is 84.9 Å². The Bertz CT molecular complexity index is 1820. The number of hydrogen-bond acceptors (Lipinski definition) is 5. The van der Waals surface area contributed by atoms with E-state index >= 15 is 0 Å². The summed E-state index contributed by atoms with van der Waals surface area (Å²) >= 11 is 10.8. The predicted octanol–water partition coefficient (Wildman–Crippen LogP) is 7.73. The number of nitrogens with zero attached hydrogens (tertiary/aromatic N) is 2. The molecule has 1 unspecified atom stereocenters. The second kappa shape index (κ2) is 12.9. The number of carbonyl (C=O) groups is 2. The molecule has 220 valence electrons. The van der Waals surface area contributed by atoms with Gasteiger partial charge in [-0.1, -0.05) is 60.7 Å². The van der Waals surface area contributed by atoms with Gasteiger partial charge in [-0.2, -0.15) is 0 Å². The minimum absolute atomic E-state index is 0.0182. The summed E-state index contributed by atoms with van der Waals surface area (Å²) in [5.74, 6) is 0.666. The molecule has 0 aliphatic carbocycles. The van der Waals surface area contributed by atoms with E-state index in [0.717, 1.165) is 41.0 Å². The molecule has 0 aromatic heterocycles. The van der Waals surface area contributed by atoms with Crippen LogP contribution >= 0.6 is 23.2 Å². The Morgan fingerprint density at radius 2 is 1.47 bits per heavy atom. The molecule has 0 saturated carbocycles. The average molecular weight is 616 g/mol. The number of aromatic hydroxyl groups is 2. The van der Waals surface area contributed by atoms with E-state index in [1.165, 1.54) is 23.0 Å². The van der Waals surface area contributed by atoms with Gasteiger partial charge in [0.15, 0.2) is 0 Å². The summed E-state index contributed by atoms with van der Waals surface area (Å²) < 4.78 is 0. The molecule has 0 saturated heterocycles. The van der Waals surface area contributed by atoms with Crippen LogP contribution in [-0.2, 0) is 6.42 Å². The number of benzene rings is 5. The number of carbonyl (C=O) groups excluding carboxylic acids is 2. The number of halogens is 2. The van der Waals surface area contributed by atoms with Crippen LogP contribution in [0.1, 0.15) is 37.8 Å². The molecule has 43 heavy (non-hydrogen) atoms. The molecular weight excluding hydrogens is 583 g/mol. The maximum absolute atomic E-state index is 13.1. The summed E-state index contributed by atoms with van der Waals surface area (Å²) in [6, 6.07) is 25.7. The first-order valence-corrected chi connectivity index (χ1v) is 15.2. The summed E-state index contributed by atoms with van der Waals surface area (Å²) in [6.07, 6.45) is 3.27. The van der Waals surface area contributed by atoms with Gasteiger partial charge >= 0.3 is 0 Å². The fourth-order valence-electron chi connectivity index (χ4n) is 6.05. The van der Waals surface area contributed by atoms with E-state index in [9.17, 15) is 19.8 Å². The second-order valence-electron chi connectivity index (χ2n) is 10.5. The van der Waals surface area contributed by atoms with Crippen LogP contribution in [0.5, 0.6) is 11.5 Å². The zero-order valence-electron chi connectivity index (χ0n) is 23.9. The van der Waals surface area contributed by atoms with E-state index in [-0.39, 0.29) is 17.6 Å². The average Bonchev–Trinajstić information content (AvgIpc) is 3.62. The van der Waals surface area contributed by atoms with Crippen molar-refractivity contribution in [2.45, 2.75) is 12.3 Å². The zero-order chi connectivity index (χ0) is 30.7. The fraction of sp³-hybridized carbons (Fsp3) is 0.200. The third-order valence-electron chi connectivity index (χ3n) is 8.06. The summed E-state index contributed by atoms with van der Waals surface area (Å²) in [4.78, 5) is 27.9. The highest BCUT2D eigenvalue weighted by atomic mass is 35.5. The van der Waals surface area contributed by atoms with Crippen molar-refractivity contribution in [3.8, 4) is 11.5 Å². The Kier molecular flexibility index (Phi) is 9.09. The molecule has 1 atom stereocenters. The van der Waals surface area contributed by atoms with Crippen LogP contribution in [0.2, 0.25) is 0 Å². The van der Waals surface area contributed by atoms with E-state index < -0.39 is 0 Å². The van der Waals surface area contributed by atoms with Crippen LogP contribution in [0, 0.1) is 0 Å². The van der Waals surface area contributed by atoms with Crippen molar-refractivity contribution >= 4 is 68.3 Å². The fourth-order valence-corrected chi connectivity index (χ4v) is 6.30. The molecule has 6 nitrogen and oxygen atoms in total. The van der Waals surface area contributed by atoms with Crippen molar-refractivity contribution in [1.29, 1.82) is 0 Å². The molecule has 1 amide bonds. The first kappa shape index (κ1) is 30.2. The zero-order valence-corrected chi connectivity index (χ0v) is 25.4. The highest BCUT2D eigenvalue weighted by Gasteiger charge is 2.34. The molecule has 8 heteroatoms. The molecule has 2 aliphatic heterocycles. The SMILES string of the molecule is CCl.CN1CCc2c1cc(O)c1ccccc21.O=Cc1cccc(C(=O)N2CC(CCl)c3c2cc(O)c2ccccc32)c1. The minimum Gasteiger partial charge on any atom is -0.507 e. The largest absolute Gasteiger partial charge is 0.507 e. The molecule has 5 aromatic carbocycles. The lowest BCUT2D eigenvalue weighted by Gasteiger charge is -2.18. The number of phenols is 2. The topological polar surface area (TPSA) is 81.1 Å². The van der Waals surface area contributed by atoms with Crippen molar-refractivity contribution in [1.82, 2.24) is 0 Å². The van der Waals surface area contributed by atoms with Crippen molar-refractivity contribution in [2.75, 3.05) is 42.2 Å². The Morgan fingerprint density at radius 1 is 0.860 bits per heavy atom.